The van der Waals surface area contributed by atoms with E-state index in [2.05, 4.69) is 30.3 Å². The first-order chi connectivity index (χ1) is 13.4. The van der Waals surface area contributed by atoms with Gasteiger partial charge in [0.1, 0.15) is 18.0 Å². The second-order valence-corrected chi connectivity index (χ2v) is 8.06. The molecular weight excluding hydrogens is 350 g/mol. The Morgan fingerprint density at radius 3 is 2.43 bits per heavy atom. The molecule has 1 aliphatic heterocycles. The zero-order chi connectivity index (χ0) is 20.0. The van der Waals surface area contributed by atoms with Crippen LogP contribution in [-0.4, -0.2) is 29.7 Å². The molecule has 28 heavy (non-hydrogen) atoms. The van der Waals surface area contributed by atoms with Crippen molar-refractivity contribution in [1.29, 1.82) is 0 Å². The largest absolute Gasteiger partial charge is 0.489 e. The minimum Gasteiger partial charge on any atom is -0.489 e. The Labute approximate surface area is 167 Å². The summed E-state index contributed by atoms with van der Waals surface area (Å²) in [5.41, 5.74) is 3.13. The van der Waals surface area contributed by atoms with Crippen LogP contribution in [-0.2, 0) is 11.3 Å². The van der Waals surface area contributed by atoms with Crippen LogP contribution < -0.4 is 4.74 Å². The normalized spacial score (nSPS) is 14.8. The predicted molar refractivity (Wildman–Crippen MR) is 112 cm³/mol. The Kier molecular flexibility index (Phi) is 6.40. The van der Waals surface area contributed by atoms with E-state index in [0.717, 1.165) is 24.2 Å². The van der Waals surface area contributed by atoms with Gasteiger partial charge in [-0.3, -0.25) is 0 Å². The standard InChI is InChI=1S/C24H29NO3/c1-24(2,3)28-23(26)25-16-7-10-20(15-17-25)21-11-13-22(14-12-21)27-18-19-8-5-4-6-9-19/h4-6,8-9,11-15H,7,10,16-18H2,1-3H3. The number of ether oxygens (including phenoxy) is 2. The molecule has 0 radical (unpaired) electrons. The van der Waals surface area contributed by atoms with E-state index >= 15 is 0 Å². The number of hydrogen-bond donors (Lipinski definition) is 0. The van der Waals surface area contributed by atoms with Crippen molar-refractivity contribution in [3.8, 4) is 5.75 Å². The van der Waals surface area contributed by atoms with Crippen LogP contribution in [0, 0.1) is 0 Å². The Bertz CT molecular complexity index is 804. The van der Waals surface area contributed by atoms with Crippen molar-refractivity contribution < 1.29 is 14.3 Å². The van der Waals surface area contributed by atoms with E-state index in [1.165, 1.54) is 11.1 Å². The molecule has 0 aliphatic carbocycles. The van der Waals surface area contributed by atoms with Gasteiger partial charge in [-0.05, 0) is 62.4 Å². The number of carbonyl (C=O) groups excluding carboxylic acids is 1. The molecule has 4 nitrogen and oxygen atoms in total. The van der Waals surface area contributed by atoms with Gasteiger partial charge in [0.15, 0.2) is 0 Å². The first-order valence-corrected chi connectivity index (χ1v) is 9.85. The lowest BCUT2D eigenvalue weighted by atomic mass is 10.0. The van der Waals surface area contributed by atoms with Gasteiger partial charge >= 0.3 is 6.09 Å². The summed E-state index contributed by atoms with van der Waals surface area (Å²) in [5, 5.41) is 0. The van der Waals surface area contributed by atoms with Crippen LogP contribution in [0.25, 0.3) is 5.57 Å². The SMILES string of the molecule is CC(C)(C)OC(=O)N1CC=C(c2ccc(OCc3ccccc3)cc2)CCC1. The van der Waals surface area contributed by atoms with Gasteiger partial charge in [-0.15, -0.1) is 0 Å². The number of carbonyl (C=O) groups is 1. The highest BCUT2D eigenvalue weighted by Gasteiger charge is 2.22. The van der Waals surface area contributed by atoms with E-state index in [9.17, 15) is 4.79 Å². The zero-order valence-electron chi connectivity index (χ0n) is 17.0. The first kappa shape index (κ1) is 20.0. The maximum absolute atomic E-state index is 12.3. The molecule has 0 bridgehead atoms. The molecule has 2 aromatic carbocycles. The molecule has 2 aromatic rings. The number of amides is 1. The highest BCUT2D eigenvalue weighted by Crippen LogP contribution is 2.25. The van der Waals surface area contributed by atoms with Gasteiger partial charge in [0.2, 0.25) is 0 Å². The number of rotatable bonds is 4. The molecule has 3 rings (SSSR count). The van der Waals surface area contributed by atoms with Gasteiger partial charge in [0.25, 0.3) is 0 Å². The lowest BCUT2D eigenvalue weighted by Crippen LogP contribution is -2.37. The Hall–Kier alpha value is -2.75. The topological polar surface area (TPSA) is 38.8 Å². The van der Waals surface area contributed by atoms with E-state index in [1.54, 1.807) is 4.90 Å². The van der Waals surface area contributed by atoms with Crippen LogP contribution in [0.1, 0.15) is 44.7 Å². The molecule has 0 saturated carbocycles. The quantitative estimate of drug-likeness (QED) is 0.686. The minimum atomic E-state index is -0.467. The fourth-order valence-electron chi connectivity index (χ4n) is 3.13. The van der Waals surface area contributed by atoms with Gasteiger partial charge in [-0.25, -0.2) is 4.79 Å². The fraction of sp³-hybridized carbons (Fsp3) is 0.375. The average molecular weight is 380 g/mol. The van der Waals surface area contributed by atoms with Gasteiger partial charge in [-0.2, -0.15) is 0 Å². The first-order valence-electron chi connectivity index (χ1n) is 9.85. The summed E-state index contributed by atoms with van der Waals surface area (Å²) in [6.45, 7) is 7.54. The van der Waals surface area contributed by atoms with E-state index in [4.69, 9.17) is 9.47 Å². The molecule has 1 aliphatic rings. The van der Waals surface area contributed by atoms with Crippen molar-refractivity contribution in [2.75, 3.05) is 13.1 Å². The number of nitrogens with zero attached hydrogens (tertiary/aromatic N) is 1. The van der Waals surface area contributed by atoms with E-state index in [1.807, 2.05) is 51.1 Å². The Balaban J connectivity index is 1.59. The average Bonchev–Trinajstić information content (AvgIpc) is 2.93. The van der Waals surface area contributed by atoms with Crippen LogP contribution in [0.15, 0.2) is 60.7 Å². The number of hydrogen-bond acceptors (Lipinski definition) is 3. The van der Waals surface area contributed by atoms with Gasteiger partial charge in [0.05, 0.1) is 0 Å². The van der Waals surface area contributed by atoms with Crippen LogP contribution in [0.3, 0.4) is 0 Å². The third-order valence-electron chi connectivity index (χ3n) is 4.56. The van der Waals surface area contributed by atoms with Crippen LogP contribution in [0.2, 0.25) is 0 Å². The molecule has 0 N–H and O–H groups in total. The Morgan fingerprint density at radius 2 is 1.75 bits per heavy atom. The lowest BCUT2D eigenvalue weighted by molar-refractivity contribution is 0.0273. The zero-order valence-corrected chi connectivity index (χ0v) is 17.0. The van der Waals surface area contributed by atoms with Crippen molar-refractivity contribution in [2.45, 2.75) is 45.8 Å². The second kappa shape index (κ2) is 8.96. The molecule has 148 valence electrons. The van der Waals surface area contributed by atoms with Crippen LogP contribution >= 0.6 is 0 Å². The predicted octanol–water partition coefficient (Wildman–Crippen LogP) is 5.68. The minimum absolute atomic E-state index is 0.241. The summed E-state index contributed by atoms with van der Waals surface area (Å²) in [6.07, 6.45) is 3.77. The molecule has 0 fully saturated rings. The monoisotopic (exact) mass is 379 g/mol. The highest BCUT2D eigenvalue weighted by atomic mass is 16.6. The summed E-state index contributed by atoms with van der Waals surface area (Å²) in [6, 6.07) is 18.3. The summed E-state index contributed by atoms with van der Waals surface area (Å²) in [7, 11) is 0. The number of benzene rings is 2. The third kappa shape index (κ3) is 5.88. The smallest absolute Gasteiger partial charge is 0.410 e. The maximum atomic E-state index is 12.3. The van der Waals surface area contributed by atoms with Crippen molar-refractivity contribution in [3.63, 3.8) is 0 Å². The molecule has 1 heterocycles. The molecule has 0 atom stereocenters. The van der Waals surface area contributed by atoms with Crippen molar-refractivity contribution >= 4 is 11.7 Å². The molecule has 0 aromatic heterocycles. The summed E-state index contributed by atoms with van der Waals surface area (Å²) >= 11 is 0. The van der Waals surface area contributed by atoms with Crippen molar-refractivity contribution in [2.24, 2.45) is 0 Å². The third-order valence-corrected chi connectivity index (χ3v) is 4.56. The summed E-state index contributed by atoms with van der Waals surface area (Å²) in [5.74, 6) is 0.859. The maximum Gasteiger partial charge on any atom is 0.410 e. The lowest BCUT2D eigenvalue weighted by Gasteiger charge is -2.25. The highest BCUT2D eigenvalue weighted by molar-refractivity contribution is 5.71. The van der Waals surface area contributed by atoms with E-state index < -0.39 is 5.60 Å². The van der Waals surface area contributed by atoms with E-state index in [0.29, 0.717) is 19.7 Å². The van der Waals surface area contributed by atoms with E-state index in [-0.39, 0.29) is 6.09 Å². The second-order valence-electron chi connectivity index (χ2n) is 8.06. The summed E-state index contributed by atoms with van der Waals surface area (Å²) in [4.78, 5) is 14.1. The van der Waals surface area contributed by atoms with Gasteiger partial charge < -0.3 is 14.4 Å². The number of allylic oxidation sites excluding steroid dienone is 1. The van der Waals surface area contributed by atoms with Crippen molar-refractivity contribution in [1.82, 2.24) is 4.90 Å². The fourth-order valence-corrected chi connectivity index (χ4v) is 3.13. The molecule has 0 spiro atoms. The molecule has 0 unspecified atom stereocenters. The van der Waals surface area contributed by atoms with Crippen LogP contribution in [0.5, 0.6) is 5.75 Å². The van der Waals surface area contributed by atoms with Crippen molar-refractivity contribution in [3.05, 3.63) is 71.8 Å². The molecule has 4 heteroatoms. The van der Waals surface area contributed by atoms with Gasteiger partial charge in [0, 0.05) is 13.1 Å². The summed E-state index contributed by atoms with van der Waals surface area (Å²) < 4.78 is 11.4. The van der Waals surface area contributed by atoms with Gasteiger partial charge in [-0.1, -0.05) is 48.5 Å². The molecular formula is C24H29NO3. The molecule has 0 saturated heterocycles. The Morgan fingerprint density at radius 1 is 1.04 bits per heavy atom. The molecule has 1 amide bonds. The van der Waals surface area contributed by atoms with Crippen LogP contribution in [0.4, 0.5) is 4.79 Å².